The molecule has 2 heterocycles. The van der Waals surface area contributed by atoms with Gasteiger partial charge in [-0.2, -0.15) is 0 Å². The van der Waals surface area contributed by atoms with E-state index in [-0.39, 0.29) is 0 Å². The molecule has 0 unspecified atom stereocenters. The van der Waals surface area contributed by atoms with Gasteiger partial charge in [0.25, 0.3) is 0 Å². The van der Waals surface area contributed by atoms with Gasteiger partial charge in [0.1, 0.15) is 0 Å². The largest absolute Gasteiger partial charge is 0.381 e. The van der Waals surface area contributed by atoms with Crippen LogP contribution < -0.4 is 5.32 Å². The summed E-state index contributed by atoms with van der Waals surface area (Å²) in [5, 5.41) is 3.66. The normalized spacial score (nSPS) is 19.5. The number of aromatic nitrogens is 1. The number of nitrogens with zero attached hydrogens (tertiary/aromatic N) is 1. The SMILES string of the molecule is c1ccc([C@@H](C[C@H]2CCOC2)NCc2ccccn2)cc1. The molecule has 0 saturated carbocycles. The van der Waals surface area contributed by atoms with Gasteiger partial charge in [-0.25, -0.2) is 0 Å². The standard InChI is InChI=1S/C18H22N2O/c1-2-6-16(7-3-1)18(12-15-9-11-21-14-15)20-13-17-8-4-5-10-19-17/h1-8,10,15,18,20H,9,11-14H2/t15-,18-/m1/s1. The first-order valence-corrected chi connectivity index (χ1v) is 7.68. The predicted molar refractivity (Wildman–Crippen MR) is 83.8 cm³/mol. The third-order valence-electron chi connectivity index (χ3n) is 4.05. The average molecular weight is 282 g/mol. The van der Waals surface area contributed by atoms with Crippen molar-refractivity contribution in [1.29, 1.82) is 0 Å². The van der Waals surface area contributed by atoms with Gasteiger partial charge in [0.15, 0.2) is 0 Å². The van der Waals surface area contributed by atoms with Crippen LogP contribution in [0.3, 0.4) is 0 Å². The Hall–Kier alpha value is -1.71. The Labute approximate surface area is 126 Å². The van der Waals surface area contributed by atoms with Gasteiger partial charge in [-0.05, 0) is 36.5 Å². The van der Waals surface area contributed by atoms with Gasteiger partial charge in [0.2, 0.25) is 0 Å². The Morgan fingerprint density at radius 1 is 1.14 bits per heavy atom. The summed E-state index contributed by atoms with van der Waals surface area (Å²) in [5.74, 6) is 0.659. The monoisotopic (exact) mass is 282 g/mol. The van der Waals surface area contributed by atoms with Crippen molar-refractivity contribution in [3.8, 4) is 0 Å². The number of nitrogens with one attached hydrogen (secondary N) is 1. The molecule has 1 N–H and O–H groups in total. The molecule has 0 spiro atoms. The van der Waals surface area contributed by atoms with Gasteiger partial charge >= 0.3 is 0 Å². The highest BCUT2D eigenvalue weighted by Crippen LogP contribution is 2.26. The highest BCUT2D eigenvalue weighted by molar-refractivity contribution is 5.19. The molecule has 0 amide bonds. The number of hydrogen-bond acceptors (Lipinski definition) is 3. The van der Waals surface area contributed by atoms with Crippen LogP contribution in [0.2, 0.25) is 0 Å². The van der Waals surface area contributed by atoms with E-state index in [0.717, 1.165) is 31.9 Å². The van der Waals surface area contributed by atoms with Crippen molar-refractivity contribution in [2.45, 2.75) is 25.4 Å². The van der Waals surface area contributed by atoms with Crippen LogP contribution in [0.1, 0.15) is 30.1 Å². The van der Waals surface area contributed by atoms with Crippen LogP contribution in [0.5, 0.6) is 0 Å². The second kappa shape index (κ2) is 7.34. The quantitative estimate of drug-likeness (QED) is 0.882. The van der Waals surface area contributed by atoms with E-state index in [1.165, 1.54) is 12.0 Å². The number of pyridine rings is 1. The number of ether oxygens (including phenoxy) is 1. The van der Waals surface area contributed by atoms with Crippen molar-refractivity contribution in [2.75, 3.05) is 13.2 Å². The van der Waals surface area contributed by atoms with Crippen LogP contribution in [0.25, 0.3) is 0 Å². The zero-order valence-corrected chi connectivity index (χ0v) is 12.2. The van der Waals surface area contributed by atoms with E-state index in [1.807, 2.05) is 18.3 Å². The first-order valence-electron chi connectivity index (χ1n) is 7.68. The summed E-state index contributed by atoms with van der Waals surface area (Å²) in [4.78, 5) is 4.39. The molecule has 21 heavy (non-hydrogen) atoms. The van der Waals surface area contributed by atoms with Gasteiger partial charge in [-0.3, -0.25) is 4.98 Å². The minimum atomic E-state index is 0.361. The molecule has 1 aromatic carbocycles. The lowest BCUT2D eigenvalue weighted by Crippen LogP contribution is -2.24. The lowest BCUT2D eigenvalue weighted by atomic mass is 9.94. The maximum atomic E-state index is 5.52. The van der Waals surface area contributed by atoms with Gasteiger partial charge in [-0.1, -0.05) is 36.4 Å². The summed E-state index contributed by atoms with van der Waals surface area (Å²) in [6.45, 7) is 2.61. The third-order valence-corrected chi connectivity index (χ3v) is 4.05. The summed E-state index contributed by atoms with van der Waals surface area (Å²) in [7, 11) is 0. The molecule has 110 valence electrons. The van der Waals surface area contributed by atoms with Crippen LogP contribution >= 0.6 is 0 Å². The zero-order valence-electron chi connectivity index (χ0n) is 12.2. The molecule has 2 atom stereocenters. The van der Waals surface area contributed by atoms with Crippen molar-refractivity contribution in [2.24, 2.45) is 5.92 Å². The van der Waals surface area contributed by atoms with E-state index in [0.29, 0.717) is 12.0 Å². The molecule has 0 bridgehead atoms. The number of hydrogen-bond donors (Lipinski definition) is 1. The summed E-state index contributed by atoms with van der Waals surface area (Å²) < 4.78 is 5.52. The highest BCUT2D eigenvalue weighted by Gasteiger charge is 2.21. The van der Waals surface area contributed by atoms with E-state index in [9.17, 15) is 0 Å². The first kappa shape index (κ1) is 14.2. The van der Waals surface area contributed by atoms with E-state index < -0.39 is 0 Å². The van der Waals surface area contributed by atoms with Crippen molar-refractivity contribution >= 4 is 0 Å². The molecule has 1 fully saturated rings. The van der Waals surface area contributed by atoms with Gasteiger partial charge in [-0.15, -0.1) is 0 Å². The smallest absolute Gasteiger partial charge is 0.0541 e. The molecule has 1 saturated heterocycles. The maximum absolute atomic E-state index is 5.52. The molecule has 0 radical (unpaired) electrons. The van der Waals surface area contributed by atoms with Crippen molar-refractivity contribution in [3.05, 3.63) is 66.0 Å². The van der Waals surface area contributed by atoms with Crippen molar-refractivity contribution in [1.82, 2.24) is 10.3 Å². The molecule has 3 heteroatoms. The summed E-state index contributed by atoms with van der Waals surface area (Å²) in [5.41, 5.74) is 2.43. The Morgan fingerprint density at radius 3 is 2.71 bits per heavy atom. The van der Waals surface area contributed by atoms with Crippen LogP contribution in [0.15, 0.2) is 54.7 Å². The molecule has 0 aliphatic carbocycles. The molecule has 1 aromatic heterocycles. The Kier molecular flexibility index (Phi) is 4.98. The van der Waals surface area contributed by atoms with Crippen LogP contribution in [-0.4, -0.2) is 18.2 Å². The Balaban J connectivity index is 1.66. The van der Waals surface area contributed by atoms with Crippen LogP contribution in [-0.2, 0) is 11.3 Å². The van der Waals surface area contributed by atoms with Crippen molar-refractivity contribution in [3.63, 3.8) is 0 Å². The fourth-order valence-corrected chi connectivity index (χ4v) is 2.86. The second-order valence-electron chi connectivity index (χ2n) is 5.63. The number of benzene rings is 1. The van der Waals surface area contributed by atoms with E-state index in [2.05, 4.69) is 46.7 Å². The fourth-order valence-electron chi connectivity index (χ4n) is 2.86. The summed E-state index contributed by atoms with van der Waals surface area (Å²) in [6.07, 6.45) is 4.14. The fraction of sp³-hybridized carbons (Fsp3) is 0.389. The molecule has 1 aliphatic rings. The van der Waals surface area contributed by atoms with E-state index in [1.54, 1.807) is 0 Å². The first-order chi connectivity index (χ1) is 10.4. The lowest BCUT2D eigenvalue weighted by molar-refractivity contribution is 0.181. The summed E-state index contributed by atoms with van der Waals surface area (Å²) >= 11 is 0. The molecule has 2 aromatic rings. The summed E-state index contributed by atoms with van der Waals surface area (Å²) in [6, 6.07) is 17.1. The average Bonchev–Trinajstić information content (AvgIpc) is 3.06. The van der Waals surface area contributed by atoms with Crippen LogP contribution in [0.4, 0.5) is 0 Å². The van der Waals surface area contributed by atoms with Crippen LogP contribution in [0, 0.1) is 5.92 Å². The third kappa shape index (κ3) is 4.13. The Morgan fingerprint density at radius 2 is 2.00 bits per heavy atom. The number of rotatable bonds is 6. The minimum absolute atomic E-state index is 0.361. The van der Waals surface area contributed by atoms with Gasteiger partial charge in [0.05, 0.1) is 5.69 Å². The molecule has 3 nitrogen and oxygen atoms in total. The molecular formula is C18H22N2O. The lowest BCUT2D eigenvalue weighted by Gasteiger charge is -2.22. The Bertz CT molecular complexity index is 523. The van der Waals surface area contributed by atoms with Gasteiger partial charge in [0, 0.05) is 32.0 Å². The molecule has 3 rings (SSSR count). The predicted octanol–water partition coefficient (Wildman–Crippen LogP) is 3.34. The van der Waals surface area contributed by atoms with Gasteiger partial charge < -0.3 is 10.1 Å². The topological polar surface area (TPSA) is 34.1 Å². The van der Waals surface area contributed by atoms with Crippen molar-refractivity contribution < 1.29 is 4.74 Å². The van der Waals surface area contributed by atoms with E-state index >= 15 is 0 Å². The maximum Gasteiger partial charge on any atom is 0.0541 e. The second-order valence-corrected chi connectivity index (χ2v) is 5.63. The molecular weight excluding hydrogens is 260 g/mol. The van der Waals surface area contributed by atoms with E-state index in [4.69, 9.17) is 4.74 Å². The molecule has 1 aliphatic heterocycles. The highest BCUT2D eigenvalue weighted by atomic mass is 16.5. The minimum Gasteiger partial charge on any atom is -0.381 e. The zero-order chi connectivity index (χ0) is 14.3.